The molecule has 4 nitrogen and oxygen atoms in total. The number of rotatable bonds is 7. The van der Waals surface area contributed by atoms with Gasteiger partial charge in [-0.05, 0) is 38.5 Å². The van der Waals surface area contributed by atoms with Gasteiger partial charge in [0.25, 0.3) is 0 Å². The molecule has 0 saturated carbocycles. The molecular weight excluding hydrogens is 238 g/mol. The first-order valence-corrected chi connectivity index (χ1v) is 7.10. The van der Waals surface area contributed by atoms with Crippen LogP contribution < -0.4 is 5.32 Å². The zero-order valence-electron chi connectivity index (χ0n) is 12.4. The first-order chi connectivity index (χ1) is 9.06. The number of hydrogen-bond donors (Lipinski definition) is 2. The molecule has 1 saturated heterocycles. The van der Waals surface area contributed by atoms with Crippen LogP contribution in [0.25, 0.3) is 0 Å². The third-order valence-electron chi connectivity index (χ3n) is 3.64. The van der Waals surface area contributed by atoms with Crippen molar-refractivity contribution in [1.29, 1.82) is 0 Å². The fourth-order valence-electron chi connectivity index (χ4n) is 2.68. The van der Waals surface area contributed by atoms with Crippen molar-refractivity contribution in [3.8, 4) is 0 Å². The molecule has 1 fully saturated rings. The number of nitrogens with zero attached hydrogens (tertiary/aromatic N) is 2. The zero-order chi connectivity index (χ0) is 14.4. The minimum absolute atomic E-state index is 0.269. The van der Waals surface area contributed by atoms with Gasteiger partial charge in [-0.15, -0.1) is 0 Å². The highest BCUT2D eigenvalue weighted by molar-refractivity contribution is 5.30. The summed E-state index contributed by atoms with van der Waals surface area (Å²) in [7, 11) is 0. The molecule has 108 valence electrons. The van der Waals surface area contributed by atoms with Gasteiger partial charge in [0.1, 0.15) is 0 Å². The molecule has 0 amide bonds. The van der Waals surface area contributed by atoms with Crippen molar-refractivity contribution >= 4 is 6.72 Å². The van der Waals surface area contributed by atoms with Crippen LogP contribution in [0.3, 0.4) is 0 Å². The Labute approximate surface area is 116 Å². The van der Waals surface area contributed by atoms with Crippen molar-refractivity contribution in [3.05, 3.63) is 23.9 Å². The minimum Gasteiger partial charge on any atom is -0.361 e. The summed E-state index contributed by atoms with van der Waals surface area (Å²) in [6.07, 6.45) is 4.19. The summed E-state index contributed by atoms with van der Waals surface area (Å²) in [5.41, 5.74) is 2.06. The number of aliphatic hydroxyl groups is 1. The van der Waals surface area contributed by atoms with Gasteiger partial charge < -0.3 is 15.0 Å². The normalized spacial score (nSPS) is 27.7. The summed E-state index contributed by atoms with van der Waals surface area (Å²) in [6, 6.07) is 0.562. The van der Waals surface area contributed by atoms with Gasteiger partial charge in [-0.2, -0.15) is 0 Å². The topological polar surface area (TPSA) is 47.9 Å². The van der Waals surface area contributed by atoms with Crippen LogP contribution in [0.2, 0.25) is 0 Å². The van der Waals surface area contributed by atoms with Crippen LogP contribution in [-0.4, -0.2) is 41.7 Å². The van der Waals surface area contributed by atoms with Gasteiger partial charge in [-0.25, -0.2) is 0 Å². The summed E-state index contributed by atoms with van der Waals surface area (Å²) >= 11 is 0. The summed E-state index contributed by atoms with van der Waals surface area (Å²) in [5, 5.41) is 13.4. The Balaban J connectivity index is 2.94. The maximum absolute atomic E-state index is 10.2. The Morgan fingerprint density at radius 1 is 1.47 bits per heavy atom. The van der Waals surface area contributed by atoms with Crippen molar-refractivity contribution in [1.82, 2.24) is 10.2 Å². The average molecular weight is 265 g/mol. The second kappa shape index (κ2) is 7.46. The summed E-state index contributed by atoms with van der Waals surface area (Å²) < 4.78 is 0. The van der Waals surface area contributed by atoms with E-state index in [-0.39, 0.29) is 6.04 Å². The molecule has 1 aliphatic rings. The fourth-order valence-corrected chi connectivity index (χ4v) is 2.68. The van der Waals surface area contributed by atoms with Crippen LogP contribution in [0.1, 0.15) is 40.0 Å². The van der Waals surface area contributed by atoms with Crippen LogP contribution in [-0.2, 0) is 0 Å². The number of allylic oxidation sites excluding steroid dienone is 2. The van der Waals surface area contributed by atoms with E-state index >= 15 is 0 Å². The van der Waals surface area contributed by atoms with Crippen LogP contribution in [0.5, 0.6) is 0 Å². The van der Waals surface area contributed by atoms with Gasteiger partial charge in [0, 0.05) is 24.3 Å². The molecule has 0 aromatic heterocycles. The van der Waals surface area contributed by atoms with E-state index in [9.17, 15) is 5.11 Å². The molecule has 1 rings (SSSR count). The average Bonchev–Trinajstić information content (AvgIpc) is 2.67. The van der Waals surface area contributed by atoms with E-state index in [4.69, 9.17) is 0 Å². The second-order valence-electron chi connectivity index (χ2n) is 5.01. The molecule has 1 aliphatic heterocycles. The van der Waals surface area contributed by atoms with Crippen LogP contribution in [0, 0.1) is 0 Å². The molecule has 1 heterocycles. The predicted octanol–water partition coefficient (Wildman–Crippen LogP) is 2.28. The third kappa shape index (κ3) is 3.67. The molecule has 0 spiro atoms. The summed E-state index contributed by atoms with van der Waals surface area (Å²) in [5.74, 6) is 0. The van der Waals surface area contributed by atoms with Crippen molar-refractivity contribution < 1.29 is 5.11 Å². The first-order valence-electron chi connectivity index (χ1n) is 7.10. The number of hydrogen-bond acceptors (Lipinski definition) is 4. The molecule has 0 aromatic rings. The SMILES string of the molecule is C=NCCC(=C)/C(=C\CC)N1C(O)NC(C)C1CC. The van der Waals surface area contributed by atoms with Crippen LogP contribution >= 0.6 is 0 Å². The zero-order valence-corrected chi connectivity index (χ0v) is 12.4. The van der Waals surface area contributed by atoms with E-state index in [1.807, 2.05) is 0 Å². The minimum atomic E-state index is -0.633. The number of aliphatic hydroxyl groups excluding tert-OH is 1. The Hall–Kier alpha value is -1.13. The summed E-state index contributed by atoms with van der Waals surface area (Å²) in [6.45, 7) is 14.7. The summed E-state index contributed by atoms with van der Waals surface area (Å²) in [4.78, 5) is 5.94. The van der Waals surface area contributed by atoms with Gasteiger partial charge in [-0.3, -0.25) is 5.32 Å². The largest absolute Gasteiger partial charge is 0.361 e. The standard InChI is InChI=1S/C15H27N3O/c1-6-8-14(11(3)9-10-16-5)18-13(7-2)12(4)17-15(18)19/h8,12-13,15,17,19H,3,5-7,9-10H2,1-2,4H3/b14-8+. The molecular formula is C15H27N3O. The Kier molecular flexibility index (Phi) is 6.25. The van der Waals surface area contributed by atoms with Gasteiger partial charge in [0.05, 0.1) is 0 Å². The Morgan fingerprint density at radius 2 is 2.16 bits per heavy atom. The Bertz CT molecular complexity index is 351. The molecule has 0 aromatic carbocycles. The van der Waals surface area contributed by atoms with E-state index in [0.29, 0.717) is 12.6 Å². The third-order valence-corrected chi connectivity index (χ3v) is 3.64. The molecule has 4 heteroatoms. The monoisotopic (exact) mass is 265 g/mol. The van der Waals surface area contributed by atoms with Crippen molar-refractivity contribution in [3.63, 3.8) is 0 Å². The molecule has 0 radical (unpaired) electrons. The van der Waals surface area contributed by atoms with Crippen molar-refractivity contribution in [2.45, 2.75) is 58.5 Å². The highest BCUT2D eigenvalue weighted by Crippen LogP contribution is 2.28. The van der Waals surface area contributed by atoms with E-state index in [1.54, 1.807) is 0 Å². The Morgan fingerprint density at radius 3 is 2.68 bits per heavy atom. The fraction of sp³-hybridized carbons (Fsp3) is 0.667. The van der Waals surface area contributed by atoms with E-state index in [2.05, 4.69) is 55.4 Å². The van der Waals surface area contributed by atoms with Crippen molar-refractivity contribution in [2.24, 2.45) is 4.99 Å². The number of aliphatic imine (C=N–C) groups is 1. The lowest BCUT2D eigenvalue weighted by Gasteiger charge is -2.32. The highest BCUT2D eigenvalue weighted by Gasteiger charge is 2.37. The van der Waals surface area contributed by atoms with E-state index in [1.165, 1.54) is 0 Å². The van der Waals surface area contributed by atoms with Crippen LogP contribution in [0.15, 0.2) is 28.9 Å². The predicted molar refractivity (Wildman–Crippen MR) is 81.1 cm³/mol. The second-order valence-corrected chi connectivity index (χ2v) is 5.01. The van der Waals surface area contributed by atoms with Crippen LogP contribution in [0.4, 0.5) is 0 Å². The van der Waals surface area contributed by atoms with Gasteiger partial charge in [0.15, 0.2) is 6.35 Å². The first kappa shape index (κ1) is 15.9. The van der Waals surface area contributed by atoms with Crippen molar-refractivity contribution in [2.75, 3.05) is 6.54 Å². The quantitative estimate of drug-likeness (QED) is 0.548. The smallest absolute Gasteiger partial charge is 0.184 e. The highest BCUT2D eigenvalue weighted by atomic mass is 16.3. The molecule has 19 heavy (non-hydrogen) atoms. The van der Waals surface area contributed by atoms with Gasteiger partial charge >= 0.3 is 0 Å². The molecule has 2 N–H and O–H groups in total. The number of nitrogens with one attached hydrogen (secondary N) is 1. The van der Waals surface area contributed by atoms with E-state index < -0.39 is 6.35 Å². The lowest BCUT2D eigenvalue weighted by molar-refractivity contribution is 0.0297. The molecule has 0 aliphatic carbocycles. The van der Waals surface area contributed by atoms with Gasteiger partial charge in [0.2, 0.25) is 0 Å². The lowest BCUT2D eigenvalue weighted by atomic mass is 10.0. The maximum Gasteiger partial charge on any atom is 0.184 e. The molecule has 3 unspecified atom stereocenters. The van der Waals surface area contributed by atoms with E-state index in [0.717, 1.165) is 30.5 Å². The molecule has 3 atom stereocenters. The molecule has 0 bridgehead atoms. The van der Waals surface area contributed by atoms with Gasteiger partial charge in [-0.1, -0.05) is 26.5 Å². The lowest BCUT2D eigenvalue weighted by Crippen LogP contribution is -2.38. The maximum atomic E-state index is 10.2.